The SMILES string of the molecule is N#C/C=C(/N)c1ccc(F)cc1I. The summed E-state index contributed by atoms with van der Waals surface area (Å²) in [6.07, 6.45) is 1.23. The van der Waals surface area contributed by atoms with Crippen LogP contribution in [0, 0.1) is 20.7 Å². The molecule has 4 heteroatoms. The van der Waals surface area contributed by atoms with Crippen molar-refractivity contribution in [3.05, 3.63) is 39.2 Å². The van der Waals surface area contributed by atoms with E-state index in [1.807, 2.05) is 28.7 Å². The zero-order chi connectivity index (χ0) is 9.84. The second kappa shape index (κ2) is 4.23. The number of rotatable bonds is 1. The molecule has 0 aliphatic heterocycles. The highest BCUT2D eigenvalue weighted by Crippen LogP contribution is 2.18. The number of nitrogens with zero attached hydrogens (tertiary/aromatic N) is 1. The Labute approximate surface area is 89.0 Å². The van der Waals surface area contributed by atoms with Crippen LogP contribution < -0.4 is 5.73 Å². The van der Waals surface area contributed by atoms with Gasteiger partial charge in [0.05, 0.1) is 11.8 Å². The van der Waals surface area contributed by atoms with E-state index in [1.165, 1.54) is 18.2 Å². The first-order valence-corrected chi connectivity index (χ1v) is 4.53. The minimum absolute atomic E-state index is 0.307. The average molecular weight is 288 g/mol. The number of nitrogens with two attached hydrogens (primary N) is 1. The van der Waals surface area contributed by atoms with E-state index in [0.717, 1.165) is 0 Å². The van der Waals surface area contributed by atoms with Crippen LogP contribution in [0.2, 0.25) is 0 Å². The molecular weight excluding hydrogens is 282 g/mol. The van der Waals surface area contributed by atoms with Gasteiger partial charge >= 0.3 is 0 Å². The lowest BCUT2D eigenvalue weighted by Crippen LogP contribution is -1.98. The van der Waals surface area contributed by atoms with E-state index in [1.54, 1.807) is 6.07 Å². The van der Waals surface area contributed by atoms with E-state index >= 15 is 0 Å². The Hall–Kier alpha value is -1.09. The Balaban J connectivity index is 3.18. The first kappa shape index (κ1) is 9.99. The molecule has 0 amide bonds. The lowest BCUT2D eigenvalue weighted by Gasteiger charge is -2.02. The van der Waals surface area contributed by atoms with E-state index in [2.05, 4.69) is 0 Å². The molecule has 0 aromatic heterocycles. The molecule has 0 radical (unpaired) electrons. The molecular formula is C9H6FIN2. The molecule has 0 unspecified atom stereocenters. The second-order valence-corrected chi connectivity index (χ2v) is 3.52. The number of nitriles is 1. The Morgan fingerprint density at radius 2 is 2.31 bits per heavy atom. The van der Waals surface area contributed by atoms with Gasteiger partial charge in [-0.15, -0.1) is 0 Å². The monoisotopic (exact) mass is 288 g/mol. The standard InChI is InChI=1S/C9H6FIN2/c10-6-1-2-7(8(11)5-6)9(13)3-4-12/h1-3,5H,13H2/b9-3+. The van der Waals surface area contributed by atoms with Crippen molar-refractivity contribution < 1.29 is 4.39 Å². The average Bonchev–Trinajstić information content (AvgIpc) is 2.04. The van der Waals surface area contributed by atoms with Gasteiger partial charge in [0, 0.05) is 15.2 Å². The normalized spacial score (nSPS) is 11.0. The third-order valence-corrected chi connectivity index (χ3v) is 2.35. The molecule has 1 aromatic carbocycles. The fourth-order valence-electron chi connectivity index (χ4n) is 0.871. The molecule has 0 atom stereocenters. The molecule has 0 heterocycles. The number of halogens is 2. The summed E-state index contributed by atoms with van der Waals surface area (Å²) in [6, 6.07) is 6.06. The van der Waals surface area contributed by atoms with Gasteiger partial charge in [0.15, 0.2) is 0 Å². The summed E-state index contributed by atoms with van der Waals surface area (Å²) in [6.45, 7) is 0. The topological polar surface area (TPSA) is 49.8 Å². The molecule has 0 saturated carbocycles. The van der Waals surface area contributed by atoms with Crippen molar-refractivity contribution in [2.45, 2.75) is 0 Å². The number of hydrogen-bond donors (Lipinski definition) is 1. The van der Waals surface area contributed by atoms with Crippen molar-refractivity contribution >= 4 is 28.3 Å². The van der Waals surface area contributed by atoms with Crippen LogP contribution in [0.1, 0.15) is 5.56 Å². The lowest BCUT2D eigenvalue weighted by molar-refractivity contribution is 0.626. The van der Waals surface area contributed by atoms with Crippen molar-refractivity contribution in [3.63, 3.8) is 0 Å². The van der Waals surface area contributed by atoms with Gasteiger partial charge in [-0.2, -0.15) is 5.26 Å². The van der Waals surface area contributed by atoms with E-state index in [-0.39, 0.29) is 5.82 Å². The van der Waals surface area contributed by atoms with Crippen LogP contribution in [0.3, 0.4) is 0 Å². The zero-order valence-corrected chi connectivity index (χ0v) is 8.75. The van der Waals surface area contributed by atoms with Gasteiger partial charge in [0.2, 0.25) is 0 Å². The fraction of sp³-hybridized carbons (Fsp3) is 0. The van der Waals surface area contributed by atoms with Gasteiger partial charge in [-0.1, -0.05) is 0 Å². The van der Waals surface area contributed by atoms with Crippen molar-refractivity contribution in [1.29, 1.82) is 5.26 Å². The van der Waals surface area contributed by atoms with Crippen LogP contribution in [-0.4, -0.2) is 0 Å². The lowest BCUT2D eigenvalue weighted by atomic mass is 10.1. The van der Waals surface area contributed by atoms with Crippen LogP contribution in [0.15, 0.2) is 24.3 Å². The quantitative estimate of drug-likeness (QED) is 0.636. The zero-order valence-electron chi connectivity index (χ0n) is 6.59. The molecule has 0 aliphatic carbocycles. The van der Waals surface area contributed by atoms with Crippen LogP contribution in [-0.2, 0) is 0 Å². The summed E-state index contributed by atoms with van der Waals surface area (Å²) < 4.78 is 13.4. The van der Waals surface area contributed by atoms with Crippen molar-refractivity contribution in [1.82, 2.24) is 0 Å². The van der Waals surface area contributed by atoms with Gasteiger partial charge in [0.25, 0.3) is 0 Å². The predicted octanol–water partition coefficient (Wildman–Crippen LogP) is 2.25. The highest BCUT2D eigenvalue weighted by Gasteiger charge is 2.03. The molecule has 1 aromatic rings. The Bertz CT molecular complexity index is 393. The highest BCUT2D eigenvalue weighted by atomic mass is 127. The highest BCUT2D eigenvalue weighted by molar-refractivity contribution is 14.1. The maximum Gasteiger partial charge on any atom is 0.124 e. The summed E-state index contributed by atoms with van der Waals surface area (Å²) in [7, 11) is 0. The van der Waals surface area contributed by atoms with Gasteiger partial charge in [-0.25, -0.2) is 4.39 Å². The van der Waals surface area contributed by atoms with E-state index in [0.29, 0.717) is 14.8 Å². The van der Waals surface area contributed by atoms with Gasteiger partial charge < -0.3 is 5.73 Å². The second-order valence-electron chi connectivity index (χ2n) is 2.35. The van der Waals surface area contributed by atoms with Crippen LogP contribution in [0.25, 0.3) is 5.70 Å². The maximum absolute atomic E-state index is 12.7. The summed E-state index contributed by atoms with van der Waals surface area (Å²) >= 11 is 1.97. The van der Waals surface area contributed by atoms with E-state index < -0.39 is 0 Å². The maximum atomic E-state index is 12.7. The summed E-state index contributed by atoms with van der Waals surface area (Å²) in [5.41, 5.74) is 6.61. The molecule has 0 spiro atoms. The summed E-state index contributed by atoms with van der Waals surface area (Å²) in [5.74, 6) is -0.307. The predicted molar refractivity (Wildman–Crippen MR) is 56.9 cm³/mol. The van der Waals surface area contributed by atoms with Gasteiger partial charge in [0.1, 0.15) is 5.82 Å². The number of allylic oxidation sites excluding steroid dienone is 1. The third-order valence-electron chi connectivity index (χ3n) is 1.46. The van der Waals surface area contributed by atoms with E-state index in [9.17, 15) is 4.39 Å². The minimum Gasteiger partial charge on any atom is -0.398 e. The Kier molecular flexibility index (Phi) is 3.25. The summed E-state index contributed by atoms with van der Waals surface area (Å²) in [5, 5.41) is 8.36. The van der Waals surface area contributed by atoms with Crippen molar-refractivity contribution in [2.75, 3.05) is 0 Å². The van der Waals surface area contributed by atoms with Crippen LogP contribution in [0.4, 0.5) is 4.39 Å². The summed E-state index contributed by atoms with van der Waals surface area (Å²) in [4.78, 5) is 0. The molecule has 2 nitrogen and oxygen atoms in total. The van der Waals surface area contributed by atoms with Gasteiger partial charge in [-0.3, -0.25) is 0 Å². The molecule has 13 heavy (non-hydrogen) atoms. The smallest absolute Gasteiger partial charge is 0.124 e. The van der Waals surface area contributed by atoms with Crippen LogP contribution in [0.5, 0.6) is 0 Å². The van der Waals surface area contributed by atoms with Gasteiger partial charge in [-0.05, 0) is 40.8 Å². The molecule has 0 aliphatic rings. The molecule has 66 valence electrons. The number of hydrogen-bond acceptors (Lipinski definition) is 2. The van der Waals surface area contributed by atoms with Crippen molar-refractivity contribution in [2.24, 2.45) is 5.73 Å². The number of benzene rings is 1. The van der Waals surface area contributed by atoms with Crippen molar-refractivity contribution in [3.8, 4) is 6.07 Å². The molecule has 1 rings (SSSR count). The third kappa shape index (κ3) is 2.42. The first-order valence-electron chi connectivity index (χ1n) is 3.46. The molecule has 0 saturated heterocycles. The molecule has 2 N–H and O–H groups in total. The molecule has 0 fully saturated rings. The minimum atomic E-state index is -0.307. The fourth-order valence-corrected chi connectivity index (χ4v) is 1.66. The van der Waals surface area contributed by atoms with Crippen LogP contribution >= 0.6 is 22.6 Å². The molecule has 0 bridgehead atoms. The van der Waals surface area contributed by atoms with E-state index in [4.69, 9.17) is 11.0 Å². The largest absolute Gasteiger partial charge is 0.398 e. The Morgan fingerprint density at radius 3 is 2.85 bits per heavy atom. The Morgan fingerprint density at radius 1 is 1.62 bits per heavy atom. The first-order chi connectivity index (χ1) is 6.15.